The van der Waals surface area contributed by atoms with E-state index in [4.69, 9.17) is 5.73 Å². The van der Waals surface area contributed by atoms with Crippen molar-refractivity contribution in [2.45, 2.75) is 12.8 Å². The summed E-state index contributed by atoms with van der Waals surface area (Å²) < 4.78 is -1.02. The minimum atomic E-state index is -1.02. The van der Waals surface area contributed by atoms with Gasteiger partial charge in [0.2, 0.25) is 0 Å². The van der Waals surface area contributed by atoms with Gasteiger partial charge in [-0.3, -0.25) is 0 Å². The van der Waals surface area contributed by atoms with Crippen LogP contribution in [-0.4, -0.2) is 49.5 Å². The molecule has 0 spiro atoms. The molecule has 0 unspecified atom stereocenters. The van der Waals surface area contributed by atoms with Crippen molar-refractivity contribution in [3.63, 3.8) is 0 Å². The van der Waals surface area contributed by atoms with Crippen molar-refractivity contribution in [1.29, 1.82) is 0 Å². The summed E-state index contributed by atoms with van der Waals surface area (Å²) in [6, 6.07) is 21.5. The van der Waals surface area contributed by atoms with E-state index in [1.54, 1.807) is 6.08 Å². The Balaban J connectivity index is 0.000000593. The van der Waals surface area contributed by atoms with Gasteiger partial charge < -0.3 is 5.73 Å². The van der Waals surface area contributed by atoms with Crippen LogP contribution in [0.4, 0.5) is 0 Å². The zero-order chi connectivity index (χ0) is 17.0. The minimum absolute atomic E-state index is 0.583. The van der Waals surface area contributed by atoms with E-state index in [0.717, 1.165) is 0 Å². The van der Waals surface area contributed by atoms with Crippen molar-refractivity contribution >= 4 is 34.9 Å². The number of hydrogen-bond donors (Lipinski definition) is 1. The Kier molecular flexibility index (Phi) is 10.8. The van der Waals surface area contributed by atoms with Crippen molar-refractivity contribution < 1.29 is 0 Å². The summed E-state index contributed by atoms with van der Waals surface area (Å²) in [4.78, 5) is 0. The van der Waals surface area contributed by atoms with E-state index in [9.17, 15) is 0 Å². The van der Waals surface area contributed by atoms with Crippen molar-refractivity contribution in [2.24, 2.45) is 5.73 Å². The van der Waals surface area contributed by atoms with Crippen molar-refractivity contribution in [1.82, 2.24) is 0 Å². The van der Waals surface area contributed by atoms with Crippen LogP contribution in [0.5, 0.6) is 0 Å². The topological polar surface area (TPSA) is 26.0 Å². The number of benzene rings is 2. The Hall–Kier alpha value is -0.391. The van der Waals surface area contributed by atoms with Crippen LogP contribution in [0.1, 0.15) is 11.1 Å². The molecule has 0 saturated heterocycles. The fourth-order valence-corrected chi connectivity index (χ4v) is 5.72. The molecule has 0 atom stereocenters. The molecule has 1 radical (unpaired) electrons. The molecular formula is C19H25NPSe2. The first-order chi connectivity index (χ1) is 11.1. The van der Waals surface area contributed by atoms with Crippen LogP contribution >= 0.6 is 4.20 Å². The van der Waals surface area contributed by atoms with Gasteiger partial charge in [-0.1, -0.05) is 6.08 Å². The Morgan fingerprint density at radius 1 is 0.870 bits per heavy atom. The number of nitrogens with two attached hydrogens (primary N) is 1. The van der Waals surface area contributed by atoms with E-state index >= 15 is 0 Å². The van der Waals surface area contributed by atoms with Crippen molar-refractivity contribution in [3.05, 3.63) is 84.4 Å². The third-order valence-corrected chi connectivity index (χ3v) is 9.74. The van der Waals surface area contributed by atoms with E-state index in [1.165, 1.54) is 36.3 Å². The first-order valence-electron chi connectivity index (χ1n) is 7.75. The standard InChI is InChI=1S/C16H18PSe2.C3H7N/c18-17(19,13-11-15-7-3-1-4-8-15)14-12-16-9-5-2-6-10-16;1-2-3-4/h1-10H,11-14H2;2H,1,3-4H2. The maximum absolute atomic E-state index is 4.91. The van der Waals surface area contributed by atoms with Crippen molar-refractivity contribution in [3.8, 4) is 0 Å². The Labute approximate surface area is 156 Å². The molecule has 123 valence electrons. The average Bonchev–Trinajstić information content (AvgIpc) is 2.60. The molecule has 0 saturated carbocycles. The van der Waals surface area contributed by atoms with E-state index in [0.29, 0.717) is 6.54 Å². The molecule has 2 aromatic rings. The number of hydrogen-bond acceptors (Lipinski definition) is 1. The molecule has 0 aliphatic rings. The first-order valence-corrected chi connectivity index (χ1v) is 14.3. The molecule has 0 aliphatic carbocycles. The second kappa shape index (κ2) is 12.0. The molecule has 0 bridgehead atoms. The SMILES string of the molecule is C=CCN.[Se]P(=[Se])(CCc1ccccc1)CCc1ccccc1. The van der Waals surface area contributed by atoms with Crippen LogP contribution in [0.2, 0.25) is 0 Å². The number of rotatable bonds is 7. The van der Waals surface area contributed by atoms with Crippen LogP contribution in [-0.2, 0) is 12.8 Å². The molecule has 4 heteroatoms. The van der Waals surface area contributed by atoms with E-state index in [1.807, 2.05) is 0 Å². The van der Waals surface area contributed by atoms with E-state index < -0.39 is 4.20 Å². The Morgan fingerprint density at radius 3 is 1.52 bits per heavy atom. The predicted octanol–water partition coefficient (Wildman–Crippen LogP) is 3.79. The first kappa shape index (κ1) is 20.7. The van der Waals surface area contributed by atoms with Gasteiger partial charge in [-0.25, -0.2) is 0 Å². The van der Waals surface area contributed by atoms with Gasteiger partial charge >= 0.3 is 132 Å². The molecule has 0 aliphatic heterocycles. The third kappa shape index (κ3) is 10.2. The van der Waals surface area contributed by atoms with Crippen LogP contribution in [0.15, 0.2) is 73.3 Å². The molecular weight excluding hydrogens is 431 g/mol. The predicted molar refractivity (Wildman–Crippen MR) is 108 cm³/mol. The summed E-state index contributed by atoms with van der Waals surface area (Å²) >= 11 is 6.90. The third-order valence-electron chi connectivity index (χ3n) is 3.33. The zero-order valence-corrected chi connectivity index (χ0v) is 17.8. The normalized spacial score (nSPS) is 10.5. The average molecular weight is 456 g/mol. The van der Waals surface area contributed by atoms with Gasteiger partial charge in [0.25, 0.3) is 0 Å². The van der Waals surface area contributed by atoms with E-state index in [2.05, 4.69) is 97.9 Å². The molecule has 2 aromatic carbocycles. The maximum atomic E-state index is 4.91. The Morgan fingerprint density at radius 2 is 1.22 bits per heavy atom. The molecule has 2 N–H and O–H groups in total. The van der Waals surface area contributed by atoms with Crippen LogP contribution < -0.4 is 5.73 Å². The fourth-order valence-electron chi connectivity index (χ4n) is 2.00. The van der Waals surface area contributed by atoms with Crippen molar-refractivity contribution in [2.75, 3.05) is 18.9 Å². The molecule has 0 heterocycles. The van der Waals surface area contributed by atoms with Gasteiger partial charge in [-0.15, -0.1) is 6.58 Å². The summed E-state index contributed by atoms with van der Waals surface area (Å²) in [6.45, 7) is 3.94. The summed E-state index contributed by atoms with van der Waals surface area (Å²) in [5.74, 6) is 0. The van der Waals surface area contributed by atoms with Gasteiger partial charge in [0.1, 0.15) is 0 Å². The van der Waals surface area contributed by atoms with Gasteiger partial charge in [0.05, 0.1) is 0 Å². The summed E-state index contributed by atoms with van der Waals surface area (Å²) in [7, 11) is 0. The molecule has 1 nitrogen and oxygen atoms in total. The second-order valence-electron chi connectivity index (χ2n) is 5.26. The molecule has 0 aromatic heterocycles. The second-order valence-corrected chi connectivity index (χ2v) is 20.1. The van der Waals surface area contributed by atoms with Gasteiger partial charge in [-0.05, 0) is 0 Å². The van der Waals surface area contributed by atoms with Crippen LogP contribution in [0.25, 0.3) is 0 Å². The van der Waals surface area contributed by atoms with Crippen LogP contribution in [0, 0.1) is 0 Å². The fraction of sp³-hybridized carbons (Fsp3) is 0.263. The number of aryl methyl sites for hydroxylation is 2. The van der Waals surface area contributed by atoms with Gasteiger partial charge in [0, 0.05) is 6.54 Å². The molecule has 0 amide bonds. The van der Waals surface area contributed by atoms with E-state index in [-0.39, 0.29) is 0 Å². The molecule has 2 rings (SSSR count). The zero-order valence-electron chi connectivity index (χ0n) is 13.4. The summed E-state index contributed by atoms with van der Waals surface area (Å²) in [5, 5.41) is 0. The Bertz CT molecular complexity index is 552. The van der Waals surface area contributed by atoms with Gasteiger partial charge in [0.15, 0.2) is 0 Å². The monoisotopic (exact) mass is 458 g/mol. The molecule has 0 fully saturated rings. The molecule has 23 heavy (non-hydrogen) atoms. The quantitative estimate of drug-likeness (QED) is 0.383. The summed E-state index contributed by atoms with van der Waals surface area (Å²) in [5.41, 5.74) is 7.79. The van der Waals surface area contributed by atoms with Gasteiger partial charge in [-0.2, -0.15) is 0 Å². The summed E-state index contributed by atoms with van der Waals surface area (Å²) in [6.07, 6.45) is 6.50. The van der Waals surface area contributed by atoms with Crippen LogP contribution in [0.3, 0.4) is 0 Å².